The molecule has 0 saturated carbocycles. The molecule has 0 bridgehead atoms. The van der Waals surface area contributed by atoms with E-state index in [9.17, 15) is 0 Å². The molecule has 116 valence electrons. The summed E-state index contributed by atoms with van der Waals surface area (Å²) in [6.45, 7) is 2.10. The van der Waals surface area contributed by atoms with Crippen molar-refractivity contribution in [2.75, 3.05) is 0 Å². The average molecular weight is 310 g/mol. The van der Waals surface area contributed by atoms with Crippen molar-refractivity contribution in [2.24, 2.45) is 0 Å². The highest BCUT2D eigenvalue weighted by molar-refractivity contribution is 5.72. The summed E-state index contributed by atoms with van der Waals surface area (Å²) in [4.78, 5) is 4.76. The minimum Gasteiger partial charge on any atom is -0.306 e. The lowest BCUT2D eigenvalue weighted by molar-refractivity contribution is 1.18. The Balaban J connectivity index is 1.66. The Morgan fingerprint density at radius 3 is 2.38 bits per heavy atom. The molecular formula is C22H18N2. The molecule has 2 nitrogen and oxygen atoms in total. The van der Waals surface area contributed by atoms with Gasteiger partial charge in [-0.25, -0.2) is 4.98 Å². The maximum Gasteiger partial charge on any atom is 0.138 e. The van der Waals surface area contributed by atoms with Crippen LogP contribution in [0, 0.1) is 6.92 Å². The van der Waals surface area contributed by atoms with Gasteiger partial charge >= 0.3 is 0 Å². The third-order valence-electron chi connectivity index (χ3n) is 4.10. The molecule has 4 rings (SSSR count). The van der Waals surface area contributed by atoms with Crippen LogP contribution in [0.5, 0.6) is 0 Å². The zero-order chi connectivity index (χ0) is 16.4. The van der Waals surface area contributed by atoms with Crippen LogP contribution in [-0.4, -0.2) is 9.38 Å². The van der Waals surface area contributed by atoms with Gasteiger partial charge in [0.2, 0.25) is 0 Å². The molecule has 0 aliphatic carbocycles. The maximum absolute atomic E-state index is 4.76. The molecule has 0 N–H and O–H groups in total. The monoisotopic (exact) mass is 310 g/mol. The minimum atomic E-state index is 0.959. The van der Waals surface area contributed by atoms with Crippen molar-refractivity contribution in [3.8, 4) is 11.3 Å². The van der Waals surface area contributed by atoms with Crippen LogP contribution in [0.4, 0.5) is 0 Å². The van der Waals surface area contributed by atoms with Gasteiger partial charge in [0.05, 0.1) is 5.69 Å². The highest BCUT2D eigenvalue weighted by Crippen LogP contribution is 2.20. The Morgan fingerprint density at radius 1 is 0.833 bits per heavy atom. The first-order valence-electron chi connectivity index (χ1n) is 8.07. The van der Waals surface area contributed by atoms with Gasteiger partial charge in [-0.05, 0) is 30.2 Å². The molecule has 0 radical (unpaired) electrons. The molecule has 0 saturated heterocycles. The van der Waals surface area contributed by atoms with Crippen molar-refractivity contribution in [2.45, 2.75) is 6.92 Å². The second kappa shape index (κ2) is 6.17. The largest absolute Gasteiger partial charge is 0.306 e. The predicted octanol–water partition coefficient (Wildman–Crippen LogP) is 5.48. The number of aryl methyl sites for hydroxylation is 1. The zero-order valence-electron chi connectivity index (χ0n) is 13.6. The Hall–Kier alpha value is -3.13. The van der Waals surface area contributed by atoms with Gasteiger partial charge in [-0.15, -0.1) is 0 Å². The maximum atomic E-state index is 4.76. The van der Waals surface area contributed by atoms with E-state index in [1.165, 1.54) is 11.1 Å². The van der Waals surface area contributed by atoms with Gasteiger partial charge in [-0.3, -0.25) is 0 Å². The van der Waals surface area contributed by atoms with E-state index >= 15 is 0 Å². The summed E-state index contributed by atoms with van der Waals surface area (Å²) in [5.74, 6) is 0. The molecule has 0 atom stereocenters. The number of imidazole rings is 1. The van der Waals surface area contributed by atoms with Gasteiger partial charge in [-0.2, -0.15) is 0 Å². The van der Waals surface area contributed by atoms with Crippen molar-refractivity contribution < 1.29 is 0 Å². The number of pyridine rings is 1. The zero-order valence-corrected chi connectivity index (χ0v) is 13.6. The summed E-state index contributed by atoms with van der Waals surface area (Å²) < 4.78 is 2.06. The summed E-state index contributed by atoms with van der Waals surface area (Å²) in [5.41, 5.74) is 6.70. The van der Waals surface area contributed by atoms with E-state index in [4.69, 9.17) is 4.98 Å². The summed E-state index contributed by atoms with van der Waals surface area (Å²) in [6, 6.07) is 23.0. The van der Waals surface area contributed by atoms with Gasteiger partial charge in [0, 0.05) is 18.0 Å². The summed E-state index contributed by atoms with van der Waals surface area (Å²) in [7, 11) is 0. The number of hydrogen-bond donors (Lipinski definition) is 0. The van der Waals surface area contributed by atoms with E-state index < -0.39 is 0 Å². The first-order chi connectivity index (χ1) is 11.8. The lowest BCUT2D eigenvalue weighted by atomic mass is 10.1. The molecule has 0 spiro atoms. The quantitative estimate of drug-likeness (QED) is 0.490. The van der Waals surface area contributed by atoms with Crippen LogP contribution in [0.1, 0.15) is 16.7 Å². The topological polar surface area (TPSA) is 17.3 Å². The van der Waals surface area contributed by atoms with E-state index in [0.29, 0.717) is 0 Å². The van der Waals surface area contributed by atoms with Gasteiger partial charge in [-0.1, -0.05) is 72.3 Å². The predicted molar refractivity (Wildman–Crippen MR) is 101 cm³/mol. The third kappa shape index (κ3) is 2.99. The van der Waals surface area contributed by atoms with Crippen LogP contribution >= 0.6 is 0 Å². The van der Waals surface area contributed by atoms with Crippen LogP contribution in [0.3, 0.4) is 0 Å². The smallest absolute Gasteiger partial charge is 0.138 e. The lowest BCUT2D eigenvalue weighted by Gasteiger charge is -1.96. The van der Waals surface area contributed by atoms with E-state index in [1.807, 2.05) is 18.2 Å². The van der Waals surface area contributed by atoms with Crippen LogP contribution < -0.4 is 0 Å². The van der Waals surface area contributed by atoms with Crippen molar-refractivity contribution >= 4 is 17.8 Å². The molecule has 2 heterocycles. The van der Waals surface area contributed by atoms with Crippen LogP contribution in [0.2, 0.25) is 0 Å². The molecule has 0 fully saturated rings. The Kier molecular flexibility index (Phi) is 3.72. The summed E-state index contributed by atoms with van der Waals surface area (Å²) >= 11 is 0. The fourth-order valence-electron chi connectivity index (χ4n) is 2.72. The first kappa shape index (κ1) is 14.5. The molecule has 2 heteroatoms. The summed E-state index contributed by atoms with van der Waals surface area (Å²) in [5, 5.41) is 0. The van der Waals surface area contributed by atoms with Gasteiger partial charge in [0.1, 0.15) is 5.65 Å². The molecule has 2 aromatic heterocycles. The molecule has 0 aliphatic heterocycles. The number of benzene rings is 2. The van der Waals surface area contributed by atoms with Crippen molar-refractivity contribution in [3.63, 3.8) is 0 Å². The van der Waals surface area contributed by atoms with E-state index in [1.54, 1.807) is 0 Å². The van der Waals surface area contributed by atoms with E-state index in [0.717, 1.165) is 22.5 Å². The van der Waals surface area contributed by atoms with Crippen LogP contribution in [0.15, 0.2) is 79.1 Å². The molecular weight excluding hydrogens is 292 g/mol. The second-order valence-corrected chi connectivity index (χ2v) is 5.96. The number of rotatable bonds is 3. The SMILES string of the molecule is Cc1ccc(-c2cn3ccc(C=Cc4ccccc4)cc3n2)cc1. The molecule has 0 aliphatic rings. The fraction of sp³-hybridized carbons (Fsp3) is 0.0455. The highest BCUT2D eigenvalue weighted by Gasteiger charge is 2.04. The van der Waals surface area contributed by atoms with Crippen molar-refractivity contribution in [1.29, 1.82) is 0 Å². The summed E-state index contributed by atoms with van der Waals surface area (Å²) in [6.07, 6.45) is 8.38. The number of hydrogen-bond acceptors (Lipinski definition) is 1. The molecule has 24 heavy (non-hydrogen) atoms. The number of nitrogens with zero attached hydrogens (tertiary/aromatic N) is 2. The van der Waals surface area contributed by atoms with Crippen molar-refractivity contribution in [1.82, 2.24) is 9.38 Å². The second-order valence-electron chi connectivity index (χ2n) is 5.96. The standard InChI is InChI=1S/C22H18N2/c1-17-7-11-20(12-8-17)21-16-24-14-13-19(15-22(24)23-21)10-9-18-5-3-2-4-6-18/h2-16H,1H3. The van der Waals surface area contributed by atoms with E-state index in [-0.39, 0.29) is 0 Å². The van der Waals surface area contributed by atoms with Gasteiger partial charge < -0.3 is 4.40 Å². The Labute approximate surface area is 141 Å². The number of fused-ring (bicyclic) bond motifs is 1. The van der Waals surface area contributed by atoms with Crippen molar-refractivity contribution in [3.05, 3.63) is 95.8 Å². The lowest BCUT2D eigenvalue weighted by Crippen LogP contribution is -1.82. The highest BCUT2D eigenvalue weighted by atomic mass is 15.0. The van der Waals surface area contributed by atoms with Crippen LogP contribution in [0.25, 0.3) is 29.1 Å². The van der Waals surface area contributed by atoms with Crippen LogP contribution in [-0.2, 0) is 0 Å². The van der Waals surface area contributed by atoms with Gasteiger partial charge in [0.15, 0.2) is 0 Å². The third-order valence-corrected chi connectivity index (χ3v) is 4.10. The molecule has 2 aromatic carbocycles. The minimum absolute atomic E-state index is 0.959. The molecule has 0 unspecified atom stereocenters. The average Bonchev–Trinajstić information content (AvgIpc) is 3.05. The van der Waals surface area contributed by atoms with Gasteiger partial charge in [0.25, 0.3) is 0 Å². The molecule has 4 aromatic rings. The Morgan fingerprint density at radius 2 is 1.58 bits per heavy atom. The number of aromatic nitrogens is 2. The van der Waals surface area contributed by atoms with E-state index in [2.05, 4.69) is 84.4 Å². The fourth-order valence-corrected chi connectivity index (χ4v) is 2.72. The first-order valence-corrected chi connectivity index (χ1v) is 8.07. The Bertz CT molecular complexity index is 993. The normalized spacial score (nSPS) is 11.4. The molecule has 0 amide bonds.